The van der Waals surface area contributed by atoms with Crippen molar-refractivity contribution in [1.82, 2.24) is 19.8 Å². The quantitative estimate of drug-likeness (QED) is 0.812. The van der Waals surface area contributed by atoms with Crippen molar-refractivity contribution in [1.29, 1.82) is 5.26 Å². The highest BCUT2D eigenvalue weighted by Gasteiger charge is 2.39. The highest BCUT2D eigenvalue weighted by molar-refractivity contribution is 5.95. The number of nitrogens with zero attached hydrogens (tertiary/aromatic N) is 5. The molecule has 7 heteroatoms. The molecule has 5 rings (SSSR count). The first-order valence-electron chi connectivity index (χ1n) is 9.03. The highest BCUT2D eigenvalue weighted by Crippen LogP contribution is 2.29. The molecule has 3 fully saturated rings. The van der Waals surface area contributed by atoms with Gasteiger partial charge in [-0.3, -0.25) is 14.6 Å². The monoisotopic (exact) mass is 361 g/mol. The second-order valence-corrected chi connectivity index (χ2v) is 7.02. The molecule has 0 spiro atoms. The summed E-state index contributed by atoms with van der Waals surface area (Å²) in [5.41, 5.74) is 1.20. The number of hydrogen-bond donors (Lipinski definition) is 0. The molecule has 0 radical (unpaired) electrons. The van der Waals surface area contributed by atoms with Gasteiger partial charge in [-0.05, 0) is 43.0 Å². The number of aromatic nitrogens is 2. The number of hydrogen-bond acceptors (Lipinski definition) is 5. The van der Waals surface area contributed by atoms with Gasteiger partial charge in [-0.25, -0.2) is 4.98 Å². The smallest absolute Gasteiger partial charge is 0.272 e. The lowest BCUT2D eigenvalue weighted by Gasteiger charge is -2.36. The predicted octanol–water partition coefficient (Wildman–Crippen LogP) is 1.73. The molecule has 2 aromatic heterocycles. The summed E-state index contributed by atoms with van der Waals surface area (Å²) in [6, 6.07) is 10.5. The SMILES string of the molecule is N#Cc1ccc(C(=O)N2CC3CCC2CN(C(=O)c2ccccn2)C3)cn1. The van der Waals surface area contributed by atoms with E-state index in [1.54, 1.807) is 36.5 Å². The fourth-order valence-corrected chi connectivity index (χ4v) is 3.90. The Morgan fingerprint density at radius 2 is 1.93 bits per heavy atom. The van der Waals surface area contributed by atoms with Gasteiger partial charge in [-0.1, -0.05) is 6.07 Å². The molecule has 5 heterocycles. The number of amides is 2. The van der Waals surface area contributed by atoms with Crippen molar-refractivity contribution in [2.24, 2.45) is 5.92 Å². The van der Waals surface area contributed by atoms with E-state index in [0.29, 0.717) is 30.9 Å². The zero-order valence-corrected chi connectivity index (χ0v) is 14.8. The molecule has 3 saturated heterocycles. The maximum absolute atomic E-state index is 13.0. The fraction of sp³-hybridized carbons (Fsp3) is 0.350. The Balaban J connectivity index is 1.53. The first-order chi connectivity index (χ1) is 13.2. The van der Waals surface area contributed by atoms with Crippen molar-refractivity contribution in [3.63, 3.8) is 0 Å². The van der Waals surface area contributed by atoms with E-state index in [-0.39, 0.29) is 29.5 Å². The minimum Gasteiger partial charge on any atom is -0.335 e. The van der Waals surface area contributed by atoms with Gasteiger partial charge in [0.1, 0.15) is 17.5 Å². The van der Waals surface area contributed by atoms with Gasteiger partial charge in [0.05, 0.1) is 5.56 Å². The standard InChI is InChI=1S/C20H19N5O2/c21-9-16-6-5-15(10-23-16)19(26)25-12-14-4-7-17(25)13-24(11-14)20(27)18-3-1-2-8-22-18/h1-3,5-6,8,10,14,17H,4,7,11-13H2. The number of piperidine rings is 1. The van der Waals surface area contributed by atoms with Crippen LogP contribution in [0.25, 0.3) is 0 Å². The minimum atomic E-state index is -0.0891. The molecule has 0 aliphatic carbocycles. The molecule has 27 heavy (non-hydrogen) atoms. The normalized spacial score (nSPS) is 21.4. The van der Waals surface area contributed by atoms with Crippen LogP contribution in [0.2, 0.25) is 0 Å². The van der Waals surface area contributed by atoms with Gasteiger partial charge in [-0.2, -0.15) is 5.26 Å². The molecule has 2 bridgehead atoms. The molecule has 2 amide bonds. The molecular formula is C20H19N5O2. The van der Waals surface area contributed by atoms with Crippen LogP contribution in [0.5, 0.6) is 0 Å². The number of nitriles is 1. The van der Waals surface area contributed by atoms with Gasteiger partial charge in [0.2, 0.25) is 0 Å². The Labute approximate surface area is 157 Å². The predicted molar refractivity (Wildman–Crippen MR) is 96.6 cm³/mol. The second kappa shape index (κ2) is 7.16. The van der Waals surface area contributed by atoms with E-state index in [9.17, 15) is 9.59 Å². The molecule has 2 unspecified atom stereocenters. The van der Waals surface area contributed by atoms with Crippen molar-refractivity contribution >= 4 is 11.8 Å². The summed E-state index contributed by atoms with van der Waals surface area (Å²) >= 11 is 0. The van der Waals surface area contributed by atoms with Crippen molar-refractivity contribution < 1.29 is 9.59 Å². The van der Waals surface area contributed by atoms with Gasteiger partial charge < -0.3 is 9.80 Å². The summed E-state index contributed by atoms with van der Waals surface area (Å²) in [5.74, 6) is 0.0855. The van der Waals surface area contributed by atoms with E-state index in [1.807, 2.05) is 15.9 Å². The molecule has 3 aliphatic rings. The molecule has 7 nitrogen and oxygen atoms in total. The van der Waals surface area contributed by atoms with Gasteiger partial charge in [0.15, 0.2) is 0 Å². The number of fused-ring (bicyclic) bond motifs is 4. The zero-order chi connectivity index (χ0) is 18.8. The first-order valence-corrected chi connectivity index (χ1v) is 9.03. The van der Waals surface area contributed by atoms with E-state index in [4.69, 9.17) is 5.26 Å². The number of pyridine rings is 2. The third-order valence-electron chi connectivity index (χ3n) is 5.27. The second-order valence-electron chi connectivity index (χ2n) is 7.02. The molecule has 2 atom stereocenters. The lowest BCUT2D eigenvalue weighted by Crippen LogP contribution is -2.47. The lowest BCUT2D eigenvalue weighted by molar-refractivity contribution is 0.0573. The van der Waals surface area contributed by atoms with Gasteiger partial charge >= 0.3 is 0 Å². The minimum absolute atomic E-state index is 0.0143. The first kappa shape index (κ1) is 17.2. The Kier molecular flexibility index (Phi) is 4.55. The fourth-order valence-electron chi connectivity index (χ4n) is 3.90. The van der Waals surface area contributed by atoms with Crippen LogP contribution >= 0.6 is 0 Å². The summed E-state index contributed by atoms with van der Waals surface area (Å²) in [4.78, 5) is 37.6. The molecule has 0 saturated carbocycles. The van der Waals surface area contributed by atoms with Gasteiger partial charge in [0.25, 0.3) is 11.8 Å². The van der Waals surface area contributed by atoms with E-state index >= 15 is 0 Å². The zero-order valence-electron chi connectivity index (χ0n) is 14.8. The lowest BCUT2D eigenvalue weighted by atomic mass is 9.94. The molecular weight excluding hydrogens is 342 g/mol. The maximum atomic E-state index is 13.0. The summed E-state index contributed by atoms with van der Waals surface area (Å²) in [7, 11) is 0. The van der Waals surface area contributed by atoms with Crippen LogP contribution in [0, 0.1) is 17.2 Å². The molecule has 0 N–H and O–H groups in total. The van der Waals surface area contributed by atoms with Gasteiger partial charge in [-0.15, -0.1) is 0 Å². The Morgan fingerprint density at radius 3 is 2.63 bits per heavy atom. The summed E-state index contributed by atoms with van der Waals surface area (Å²) in [6.45, 7) is 1.79. The van der Waals surface area contributed by atoms with E-state index < -0.39 is 0 Å². The average molecular weight is 361 g/mol. The van der Waals surface area contributed by atoms with Crippen molar-refractivity contribution in [2.75, 3.05) is 19.6 Å². The third kappa shape index (κ3) is 3.38. The summed E-state index contributed by atoms with van der Waals surface area (Å²) in [5, 5.41) is 8.86. The van der Waals surface area contributed by atoms with Crippen LogP contribution in [0.4, 0.5) is 0 Å². The van der Waals surface area contributed by atoms with E-state index in [0.717, 1.165) is 12.8 Å². The van der Waals surface area contributed by atoms with Crippen LogP contribution in [0.15, 0.2) is 42.7 Å². The van der Waals surface area contributed by atoms with Crippen LogP contribution < -0.4 is 0 Å². The summed E-state index contributed by atoms with van der Waals surface area (Å²) < 4.78 is 0. The van der Waals surface area contributed by atoms with Crippen LogP contribution in [0.1, 0.15) is 39.4 Å². The molecule has 136 valence electrons. The molecule has 0 aromatic carbocycles. The van der Waals surface area contributed by atoms with Crippen molar-refractivity contribution in [3.05, 3.63) is 59.7 Å². The topological polar surface area (TPSA) is 90.2 Å². The Bertz CT molecular complexity index is 891. The summed E-state index contributed by atoms with van der Waals surface area (Å²) in [6.07, 6.45) is 4.96. The maximum Gasteiger partial charge on any atom is 0.272 e. The third-order valence-corrected chi connectivity index (χ3v) is 5.27. The van der Waals surface area contributed by atoms with Crippen LogP contribution in [-0.2, 0) is 0 Å². The number of carbonyl (C=O) groups is 2. The van der Waals surface area contributed by atoms with E-state index in [1.165, 1.54) is 6.20 Å². The number of rotatable bonds is 2. The van der Waals surface area contributed by atoms with Crippen LogP contribution in [-0.4, -0.2) is 57.3 Å². The average Bonchev–Trinajstić information content (AvgIpc) is 3.05. The van der Waals surface area contributed by atoms with Crippen molar-refractivity contribution in [3.8, 4) is 6.07 Å². The van der Waals surface area contributed by atoms with Crippen molar-refractivity contribution in [2.45, 2.75) is 18.9 Å². The molecule has 2 aromatic rings. The van der Waals surface area contributed by atoms with Crippen LogP contribution in [0.3, 0.4) is 0 Å². The Hall–Kier alpha value is -3.27. The largest absolute Gasteiger partial charge is 0.335 e. The van der Waals surface area contributed by atoms with Gasteiger partial charge in [0, 0.05) is 38.1 Å². The van der Waals surface area contributed by atoms with E-state index in [2.05, 4.69) is 9.97 Å². The molecule has 3 aliphatic heterocycles. The highest BCUT2D eigenvalue weighted by atomic mass is 16.2. The Morgan fingerprint density at radius 1 is 1.04 bits per heavy atom. The number of carbonyl (C=O) groups excluding carboxylic acids is 2.